The largest absolute Gasteiger partial charge is 0.360 e. The first kappa shape index (κ1) is 9.71. The van der Waals surface area contributed by atoms with Crippen LogP contribution in [0.15, 0.2) is 16.8 Å². The standard InChI is InChI=1S/C11H18N2O/c1-8(2)9-5-10(6-9)12-7-11-3-4-13-14-11/h3-4,8-10,12H,5-7H2,1-2H3. The van der Waals surface area contributed by atoms with Crippen molar-refractivity contribution in [2.24, 2.45) is 11.8 Å². The molecule has 1 aliphatic rings. The number of aromatic nitrogens is 1. The molecule has 1 fully saturated rings. The summed E-state index contributed by atoms with van der Waals surface area (Å²) in [7, 11) is 0. The molecule has 0 aliphatic heterocycles. The summed E-state index contributed by atoms with van der Waals surface area (Å²) in [5.41, 5.74) is 0. The van der Waals surface area contributed by atoms with Crippen LogP contribution in [0.1, 0.15) is 32.4 Å². The predicted molar refractivity (Wildman–Crippen MR) is 54.7 cm³/mol. The highest BCUT2D eigenvalue weighted by atomic mass is 16.5. The lowest BCUT2D eigenvalue weighted by Gasteiger charge is -2.38. The summed E-state index contributed by atoms with van der Waals surface area (Å²) >= 11 is 0. The average Bonchev–Trinajstić information content (AvgIpc) is 2.52. The Morgan fingerprint density at radius 3 is 2.93 bits per heavy atom. The highest BCUT2D eigenvalue weighted by Crippen LogP contribution is 2.33. The van der Waals surface area contributed by atoms with E-state index in [1.165, 1.54) is 12.8 Å². The number of nitrogens with one attached hydrogen (secondary N) is 1. The normalized spacial score (nSPS) is 26.5. The van der Waals surface area contributed by atoms with Crippen LogP contribution < -0.4 is 5.32 Å². The Kier molecular flexibility index (Phi) is 2.87. The maximum Gasteiger partial charge on any atom is 0.150 e. The highest BCUT2D eigenvalue weighted by molar-refractivity contribution is 4.94. The average molecular weight is 194 g/mol. The molecule has 2 rings (SSSR count). The summed E-state index contributed by atoms with van der Waals surface area (Å²) in [6.07, 6.45) is 4.31. The quantitative estimate of drug-likeness (QED) is 0.798. The summed E-state index contributed by atoms with van der Waals surface area (Å²) in [5.74, 6) is 2.68. The monoisotopic (exact) mass is 194 g/mol. The molecular weight excluding hydrogens is 176 g/mol. The third-order valence-electron chi connectivity index (χ3n) is 3.17. The predicted octanol–water partition coefficient (Wildman–Crippen LogP) is 2.20. The van der Waals surface area contributed by atoms with Crippen LogP contribution in [0.3, 0.4) is 0 Å². The lowest BCUT2D eigenvalue weighted by Crippen LogP contribution is -2.42. The minimum absolute atomic E-state index is 0.687. The Morgan fingerprint density at radius 2 is 2.36 bits per heavy atom. The van der Waals surface area contributed by atoms with E-state index in [4.69, 9.17) is 4.52 Å². The van der Waals surface area contributed by atoms with Crippen LogP contribution in [-0.2, 0) is 6.54 Å². The van der Waals surface area contributed by atoms with Crippen molar-refractivity contribution in [2.45, 2.75) is 39.3 Å². The number of nitrogens with zero attached hydrogens (tertiary/aromatic N) is 1. The van der Waals surface area contributed by atoms with E-state index in [1.54, 1.807) is 6.20 Å². The molecule has 0 bridgehead atoms. The van der Waals surface area contributed by atoms with Crippen LogP contribution in [0.25, 0.3) is 0 Å². The van der Waals surface area contributed by atoms with Gasteiger partial charge in [0.05, 0.1) is 12.7 Å². The van der Waals surface area contributed by atoms with E-state index in [0.717, 1.165) is 24.1 Å². The van der Waals surface area contributed by atoms with Gasteiger partial charge in [0.1, 0.15) is 5.76 Å². The second kappa shape index (κ2) is 4.13. The highest BCUT2D eigenvalue weighted by Gasteiger charge is 2.30. The Balaban J connectivity index is 1.65. The van der Waals surface area contributed by atoms with Gasteiger partial charge in [0.2, 0.25) is 0 Å². The molecule has 0 amide bonds. The molecule has 0 saturated heterocycles. The second-order valence-electron chi connectivity index (χ2n) is 4.53. The zero-order valence-electron chi connectivity index (χ0n) is 8.86. The van der Waals surface area contributed by atoms with Gasteiger partial charge in [-0.25, -0.2) is 0 Å². The molecule has 1 heterocycles. The van der Waals surface area contributed by atoms with Crippen LogP contribution in [0.4, 0.5) is 0 Å². The van der Waals surface area contributed by atoms with Crippen molar-refractivity contribution in [3.63, 3.8) is 0 Å². The third kappa shape index (κ3) is 2.15. The van der Waals surface area contributed by atoms with Gasteiger partial charge in [-0.05, 0) is 24.7 Å². The molecule has 3 heteroatoms. The molecular formula is C11H18N2O. The molecule has 1 aliphatic carbocycles. The van der Waals surface area contributed by atoms with E-state index in [-0.39, 0.29) is 0 Å². The Morgan fingerprint density at radius 1 is 1.57 bits per heavy atom. The minimum atomic E-state index is 0.687. The van der Waals surface area contributed by atoms with E-state index in [2.05, 4.69) is 24.3 Å². The molecule has 1 saturated carbocycles. The van der Waals surface area contributed by atoms with E-state index in [0.29, 0.717) is 6.04 Å². The van der Waals surface area contributed by atoms with Crippen LogP contribution in [0.5, 0.6) is 0 Å². The summed E-state index contributed by atoms with van der Waals surface area (Å²) < 4.78 is 5.01. The van der Waals surface area contributed by atoms with Gasteiger partial charge in [-0.2, -0.15) is 0 Å². The maximum absolute atomic E-state index is 5.01. The van der Waals surface area contributed by atoms with Gasteiger partial charge in [0.15, 0.2) is 0 Å². The van der Waals surface area contributed by atoms with Crippen LogP contribution in [-0.4, -0.2) is 11.2 Å². The molecule has 0 spiro atoms. The molecule has 78 valence electrons. The summed E-state index contributed by atoms with van der Waals surface area (Å²) in [6.45, 7) is 5.42. The zero-order chi connectivity index (χ0) is 9.97. The molecule has 14 heavy (non-hydrogen) atoms. The molecule has 0 unspecified atom stereocenters. The van der Waals surface area contributed by atoms with Crippen molar-refractivity contribution in [1.29, 1.82) is 0 Å². The van der Waals surface area contributed by atoms with Gasteiger partial charge in [-0.1, -0.05) is 19.0 Å². The minimum Gasteiger partial charge on any atom is -0.360 e. The van der Waals surface area contributed by atoms with Gasteiger partial charge in [0, 0.05) is 12.1 Å². The van der Waals surface area contributed by atoms with Gasteiger partial charge >= 0.3 is 0 Å². The zero-order valence-corrected chi connectivity index (χ0v) is 8.86. The van der Waals surface area contributed by atoms with E-state index in [1.807, 2.05) is 6.07 Å². The van der Waals surface area contributed by atoms with Crippen molar-refractivity contribution in [3.05, 3.63) is 18.0 Å². The molecule has 0 atom stereocenters. The van der Waals surface area contributed by atoms with Gasteiger partial charge in [0.25, 0.3) is 0 Å². The molecule has 0 radical (unpaired) electrons. The fourth-order valence-corrected chi connectivity index (χ4v) is 1.95. The first-order valence-electron chi connectivity index (χ1n) is 5.38. The Bertz CT molecular complexity index is 263. The topological polar surface area (TPSA) is 38.1 Å². The van der Waals surface area contributed by atoms with Crippen LogP contribution >= 0.6 is 0 Å². The van der Waals surface area contributed by atoms with Crippen LogP contribution in [0, 0.1) is 11.8 Å². The van der Waals surface area contributed by atoms with Gasteiger partial charge in [-0.3, -0.25) is 0 Å². The van der Waals surface area contributed by atoms with Gasteiger partial charge < -0.3 is 9.84 Å². The van der Waals surface area contributed by atoms with E-state index in [9.17, 15) is 0 Å². The van der Waals surface area contributed by atoms with Gasteiger partial charge in [-0.15, -0.1) is 0 Å². The molecule has 3 nitrogen and oxygen atoms in total. The number of rotatable bonds is 4. The fraction of sp³-hybridized carbons (Fsp3) is 0.727. The SMILES string of the molecule is CC(C)C1CC(NCc2ccno2)C1. The van der Waals surface area contributed by atoms with E-state index < -0.39 is 0 Å². The maximum atomic E-state index is 5.01. The number of hydrogen-bond acceptors (Lipinski definition) is 3. The molecule has 1 aromatic heterocycles. The molecule has 1 N–H and O–H groups in total. The third-order valence-corrected chi connectivity index (χ3v) is 3.17. The summed E-state index contributed by atoms with van der Waals surface area (Å²) in [5, 5.41) is 7.14. The first-order valence-corrected chi connectivity index (χ1v) is 5.38. The summed E-state index contributed by atoms with van der Waals surface area (Å²) in [6, 6.07) is 2.60. The fourth-order valence-electron chi connectivity index (χ4n) is 1.95. The van der Waals surface area contributed by atoms with Crippen molar-refractivity contribution >= 4 is 0 Å². The first-order chi connectivity index (χ1) is 6.75. The second-order valence-corrected chi connectivity index (χ2v) is 4.53. The lowest BCUT2D eigenvalue weighted by atomic mass is 9.74. The van der Waals surface area contributed by atoms with E-state index >= 15 is 0 Å². The summed E-state index contributed by atoms with van der Waals surface area (Å²) in [4.78, 5) is 0. The van der Waals surface area contributed by atoms with Crippen molar-refractivity contribution in [1.82, 2.24) is 10.5 Å². The molecule has 0 aromatic carbocycles. The Hall–Kier alpha value is -0.830. The molecule has 1 aromatic rings. The number of hydrogen-bond donors (Lipinski definition) is 1. The van der Waals surface area contributed by atoms with Crippen LogP contribution in [0.2, 0.25) is 0 Å². The lowest BCUT2D eigenvalue weighted by molar-refractivity contribution is 0.164. The Labute approximate surface area is 84.9 Å². The van der Waals surface area contributed by atoms with Crippen molar-refractivity contribution in [2.75, 3.05) is 0 Å². The van der Waals surface area contributed by atoms with Crippen molar-refractivity contribution < 1.29 is 4.52 Å². The smallest absolute Gasteiger partial charge is 0.150 e. The van der Waals surface area contributed by atoms with Crippen molar-refractivity contribution in [3.8, 4) is 0 Å².